The van der Waals surface area contributed by atoms with Gasteiger partial charge >= 0.3 is 5.97 Å². The molecule has 0 fully saturated rings. The average Bonchev–Trinajstić information content (AvgIpc) is 2.38. The third-order valence-electron chi connectivity index (χ3n) is 2.73. The van der Waals surface area contributed by atoms with E-state index in [0.29, 0.717) is 10.0 Å². The lowest BCUT2D eigenvalue weighted by molar-refractivity contribution is 0.0697. The third kappa shape index (κ3) is 3.18. The largest absolute Gasteiger partial charge is 0.478 e. The molecule has 5 nitrogen and oxygen atoms in total. The average molecular weight is 312 g/mol. The van der Waals surface area contributed by atoms with Crippen LogP contribution in [0.25, 0.3) is 0 Å². The molecule has 1 aromatic heterocycles. The zero-order chi connectivity index (χ0) is 14.7. The second kappa shape index (κ2) is 6.07. The summed E-state index contributed by atoms with van der Waals surface area (Å²) in [7, 11) is 0. The minimum Gasteiger partial charge on any atom is -0.478 e. The van der Waals surface area contributed by atoms with Gasteiger partial charge in [-0.2, -0.15) is 5.10 Å². The van der Waals surface area contributed by atoms with Gasteiger partial charge in [0.15, 0.2) is 5.82 Å². The highest BCUT2D eigenvalue weighted by Gasteiger charge is 2.16. The van der Waals surface area contributed by atoms with E-state index in [9.17, 15) is 4.79 Å². The number of nitrogens with one attached hydrogen (secondary N) is 1. The highest BCUT2D eigenvalue weighted by Crippen LogP contribution is 2.28. The number of nitrogens with zero attached hydrogens (tertiary/aromatic N) is 2. The lowest BCUT2D eigenvalue weighted by Gasteiger charge is -2.17. The van der Waals surface area contributed by atoms with E-state index in [1.165, 1.54) is 12.3 Å². The zero-order valence-corrected chi connectivity index (χ0v) is 12.0. The predicted molar refractivity (Wildman–Crippen MR) is 77.5 cm³/mol. The number of anilines is 1. The molecular formula is C13H11Cl2N3O2. The normalized spacial score (nSPS) is 11.9. The topological polar surface area (TPSA) is 75.1 Å². The highest BCUT2D eigenvalue weighted by atomic mass is 35.5. The number of hydrogen-bond donors (Lipinski definition) is 2. The Kier molecular flexibility index (Phi) is 4.42. The quantitative estimate of drug-likeness (QED) is 0.901. The number of aromatic nitrogens is 2. The summed E-state index contributed by atoms with van der Waals surface area (Å²) < 4.78 is 0. The molecule has 1 atom stereocenters. The third-order valence-corrected chi connectivity index (χ3v) is 3.30. The summed E-state index contributed by atoms with van der Waals surface area (Å²) in [6.45, 7) is 1.84. The van der Waals surface area contributed by atoms with Crippen LogP contribution in [0.1, 0.15) is 28.9 Å². The fourth-order valence-electron chi connectivity index (χ4n) is 1.75. The molecule has 20 heavy (non-hydrogen) atoms. The second-order valence-corrected chi connectivity index (χ2v) is 4.97. The highest BCUT2D eigenvalue weighted by molar-refractivity contribution is 6.35. The summed E-state index contributed by atoms with van der Waals surface area (Å²) >= 11 is 12.0. The van der Waals surface area contributed by atoms with Crippen molar-refractivity contribution in [3.63, 3.8) is 0 Å². The summed E-state index contributed by atoms with van der Waals surface area (Å²) in [4.78, 5) is 11.1. The van der Waals surface area contributed by atoms with Crippen molar-refractivity contribution >= 4 is 35.0 Å². The van der Waals surface area contributed by atoms with E-state index in [0.717, 1.165) is 5.56 Å². The van der Waals surface area contributed by atoms with E-state index in [1.807, 2.05) is 6.92 Å². The van der Waals surface area contributed by atoms with Gasteiger partial charge in [0.2, 0.25) is 0 Å². The van der Waals surface area contributed by atoms with Crippen LogP contribution in [-0.4, -0.2) is 21.3 Å². The standard InChI is InChI=1S/C13H11Cl2N3O2/c1-7(9-3-2-8(14)6-11(9)15)17-12-10(13(19)20)4-5-16-18-12/h2-7H,1H3,(H,17,18)(H,19,20). The van der Waals surface area contributed by atoms with E-state index in [1.54, 1.807) is 18.2 Å². The van der Waals surface area contributed by atoms with Crippen LogP contribution in [0, 0.1) is 0 Å². The summed E-state index contributed by atoms with van der Waals surface area (Å²) in [5.41, 5.74) is 0.843. The molecule has 1 aromatic carbocycles. The van der Waals surface area contributed by atoms with Crippen molar-refractivity contribution in [1.29, 1.82) is 0 Å². The van der Waals surface area contributed by atoms with Crippen LogP contribution in [0.2, 0.25) is 10.0 Å². The number of carboxylic acid groups (broad SMARTS) is 1. The molecule has 0 aliphatic rings. The van der Waals surface area contributed by atoms with Crippen LogP contribution >= 0.6 is 23.2 Å². The molecule has 0 bridgehead atoms. The Morgan fingerprint density at radius 2 is 2.10 bits per heavy atom. The van der Waals surface area contributed by atoms with E-state index in [4.69, 9.17) is 28.3 Å². The number of halogens is 2. The van der Waals surface area contributed by atoms with E-state index in [2.05, 4.69) is 15.5 Å². The van der Waals surface area contributed by atoms with Gasteiger partial charge in [-0.1, -0.05) is 29.3 Å². The first kappa shape index (κ1) is 14.6. The van der Waals surface area contributed by atoms with Crippen molar-refractivity contribution in [2.45, 2.75) is 13.0 Å². The first-order valence-electron chi connectivity index (χ1n) is 5.75. The Morgan fingerprint density at radius 3 is 2.75 bits per heavy atom. The molecule has 1 heterocycles. The molecule has 7 heteroatoms. The van der Waals surface area contributed by atoms with Crippen LogP contribution in [0.3, 0.4) is 0 Å². The van der Waals surface area contributed by atoms with Gasteiger partial charge in [-0.15, -0.1) is 5.10 Å². The van der Waals surface area contributed by atoms with Gasteiger partial charge in [-0.3, -0.25) is 0 Å². The lowest BCUT2D eigenvalue weighted by atomic mass is 10.1. The summed E-state index contributed by atoms with van der Waals surface area (Å²) in [5.74, 6) is -0.879. The maximum Gasteiger partial charge on any atom is 0.339 e. The molecule has 0 amide bonds. The van der Waals surface area contributed by atoms with E-state index >= 15 is 0 Å². The molecule has 2 rings (SSSR count). The molecule has 104 valence electrons. The molecule has 0 saturated carbocycles. The summed E-state index contributed by atoms with van der Waals surface area (Å²) in [6.07, 6.45) is 1.33. The molecule has 2 N–H and O–H groups in total. The lowest BCUT2D eigenvalue weighted by Crippen LogP contribution is -2.13. The zero-order valence-electron chi connectivity index (χ0n) is 10.5. The smallest absolute Gasteiger partial charge is 0.339 e. The van der Waals surface area contributed by atoms with Crippen molar-refractivity contribution < 1.29 is 9.90 Å². The van der Waals surface area contributed by atoms with E-state index in [-0.39, 0.29) is 17.4 Å². The van der Waals surface area contributed by atoms with Crippen molar-refractivity contribution in [3.8, 4) is 0 Å². The SMILES string of the molecule is CC(Nc1nnccc1C(=O)O)c1ccc(Cl)cc1Cl. The van der Waals surface area contributed by atoms with Crippen molar-refractivity contribution in [1.82, 2.24) is 10.2 Å². The number of benzene rings is 1. The Labute approximate surface area is 125 Å². The maximum absolute atomic E-state index is 11.1. The van der Waals surface area contributed by atoms with Gasteiger partial charge in [0, 0.05) is 10.0 Å². The van der Waals surface area contributed by atoms with E-state index < -0.39 is 5.97 Å². The number of hydrogen-bond acceptors (Lipinski definition) is 4. The van der Waals surface area contributed by atoms with Gasteiger partial charge < -0.3 is 10.4 Å². The number of carbonyl (C=O) groups is 1. The molecule has 0 aliphatic carbocycles. The Morgan fingerprint density at radius 1 is 1.35 bits per heavy atom. The molecule has 1 unspecified atom stereocenters. The summed E-state index contributed by atoms with van der Waals surface area (Å²) in [5, 5.41) is 20.6. The predicted octanol–water partition coefficient (Wildman–Crippen LogP) is 3.65. The van der Waals surface area contributed by atoms with Crippen molar-refractivity contribution in [2.24, 2.45) is 0 Å². The summed E-state index contributed by atoms with van der Waals surface area (Å²) in [6, 6.07) is 6.27. The fourth-order valence-corrected chi connectivity index (χ4v) is 2.32. The number of rotatable bonds is 4. The number of aromatic carboxylic acids is 1. The Bertz CT molecular complexity index is 649. The van der Waals surface area contributed by atoms with Crippen LogP contribution < -0.4 is 5.32 Å². The minimum absolute atomic E-state index is 0.0527. The van der Waals surface area contributed by atoms with Crippen molar-refractivity contribution in [2.75, 3.05) is 5.32 Å². The molecule has 0 saturated heterocycles. The van der Waals surface area contributed by atoms with Gasteiger partial charge in [0.25, 0.3) is 0 Å². The minimum atomic E-state index is -1.07. The fraction of sp³-hybridized carbons (Fsp3) is 0.154. The number of carboxylic acids is 1. The molecule has 0 spiro atoms. The maximum atomic E-state index is 11.1. The van der Waals surface area contributed by atoms with Crippen molar-refractivity contribution in [3.05, 3.63) is 51.6 Å². The van der Waals surface area contributed by atoms with Crippen LogP contribution in [0.5, 0.6) is 0 Å². The molecule has 0 aliphatic heterocycles. The second-order valence-electron chi connectivity index (χ2n) is 4.13. The van der Waals surface area contributed by atoms with Gasteiger partial charge in [0.1, 0.15) is 5.56 Å². The first-order valence-corrected chi connectivity index (χ1v) is 6.51. The van der Waals surface area contributed by atoms with Gasteiger partial charge in [-0.25, -0.2) is 4.79 Å². The van der Waals surface area contributed by atoms with Crippen LogP contribution in [-0.2, 0) is 0 Å². The monoisotopic (exact) mass is 311 g/mol. The molecular weight excluding hydrogens is 301 g/mol. The first-order chi connectivity index (χ1) is 9.49. The van der Waals surface area contributed by atoms with Gasteiger partial charge in [-0.05, 0) is 30.7 Å². The van der Waals surface area contributed by atoms with Crippen LogP contribution in [0.4, 0.5) is 5.82 Å². The molecule has 2 aromatic rings. The van der Waals surface area contributed by atoms with Gasteiger partial charge in [0.05, 0.1) is 12.2 Å². The Balaban J connectivity index is 2.28. The van der Waals surface area contributed by atoms with Crippen LogP contribution in [0.15, 0.2) is 30.5 Å². The molecule has 0 radical (unpaired) electrons. The Hall–Kier alpha value is -1.85.